The van der Waals surface area contributed by atoms with E-state index in [0.717, 1.165) is 16.7 Å². The molecule has 2 heterocycles. The van der Waals surface area contributed by atoms with E-state index in [0.29, 0.717) is 5.92 Å². The van der Waals surface area contributed by atoms with Crippen LogP contribution in [0.3, 0.4) is 0 Å². The number of halogens is 1. The fourth-order valence-electron chi connectivity index (χ4n) is 3.56. The van der Waals surface area contributed by atoms with Crippen LogP contribution in [0.25, 0.3) is 0 Å². The van der Waals surface area contributed by atoms with E-state index in [9.17, 15) is 13.2 Å². The summed E-state index contributed by atoms with van der Waals surface area (Å²) in [6.45, 7) is 5.20. The average Bonchev–Trinajstić information content (AvgIpc) is 2.75. The van der Waals surface area contributed by atoms with Crippen LogP contribution in [0.5, 0.6) is 0 Å². The number of hydrogen-bond acceptors (Lipinski definition) is 4. The van der Waals surface area contributed by atoms with E-state index in [-0.39, 0.29) is 36.0 Å². The molecule has 0 saturated carbocycles. The molecule has 5 nitrogen and oxygen atoms in total. The predicted octanol–water partition coefficient (Wildman–Crippen LogP) is 1.92. The van der Waals surface area contributed by atoms with Crippen molar-refractivity contribution in [3.8, 4) is 0 Å². The molecule has 126 valence electrons. The van der Waals surface area contributed by atoms with Crippen molar-refractivity contribution in [2.45, 2.75) is 25.9 Å². The molecule has 0 N–H and O–H groups in total. The monoisotopic (exact) mass is 400 g/mol. The summed E-state index contributed by atoms with van der Waals surface area (Å²) in [7, 11) is -3.11. The molecule has 2 aliphatic rings. The van der Waals surface area contributed by atoms with E-state index < -0.39 is 9.84 Å². The minimum atomic E-state index is -3.11. The highest BCUT2D eigenvalue weighted by Crippen LogP contribution is 2.32. The SMILES string of the molecule is CC(C)CN1CC(=O)N(c2ccc(Br)cc2)C2CS(=O)(=O)CC21. The Morgan fingerprint density at radius 3 is 2.39 bits per heavy atom. The molecule has 2 unspecified atom stereocenters. The summed E-state index contributed by atoms with van der Waals surface area (Å²) >= 11 is 3.39. The van der Waals surface area contributed by atoms with Crippen molar-refractivity contribution < 1.29 is 13.2 Å². The van der Waals surface area contributed by atoms with Crippen molar-refractivity contribution in [3.05, 3.63) is 28.7 Å². The molecule has 0 aromatic heterocycles. The normalized spacial score (nSPS) is 27.5. The molecule has 2 fully saturated rings. The number of fused-ring (bicyclic) bond motifs is 1. The summed E-state index contributed by atoms with van der Waals surface area (Å²) in [4.78, 5) is 16.4. The largest absolute Gasteiger partial charge is 0.306 e. The second-order valence-corrected chi connectivity index (χ2v) is 9.84. The third kappa shape index (κ3) is 3.46. The smallest absolute Gasteiger partial charge is 0.241 e. The Hall–Kier alpha value is -0.920. The lowest BCUT2D eigenvalue weighted by molar-refractivity contribution is -0.123. The van der Waals surface area contributed by atoms with E-state index in [1.807, 2.05) is 24.3 Å². The summed E-state index contributed by atoms with van der Waals surface area (Å²) < 4.78 is 25.3. The molecular formula is C16H21BrN2O3S. The maximum atomic E-state index is 12.7. The van der Waals surface area contributed by atoms with Gasteiger partial charge in [0.25, 0.3) is 0 Å². The highest BCUT2D eigenvalue weighted by molar-refractivity contribution is 9.10. The lowest BCUT2D eigenvalue weighted by Gasteiger charge is -2.44. The minimum absolute atomic E-state index is 0.0219. The van der Waals surface area contributed by atoms with Crippen molar-refractivity contribution in [2.75, 3.05) is 29.5 Å². The van der Waals surface area contributed by atoms with E-state index in [1.165, 1.54) is 0 Å². The Kier molecular flexibility index (Phi) is 4.55. The van der Waals surface area contributed by atoms with Crippen LogP contribution in [0.4, 0.5) is 5.69 Å². The number of anilines is 1. The van der Waals surface area contributed by atoms with Gasteiger partial charge < -0.3 is 4.90 Å². The molecule has 23 heavy (non-hydrogen) atoms. The van der Waals surface area contributed by atoms with Gasteiger partial charge in [0, 0.05) is 22.7 Å². The number of piperazine rings is 1. The van der Waals surface area contributed by atoms with Crippen LogP contribution < -0.4 is 4.90 Å². The summed E-state index contributed by atoms with van der Waals surface area (Å²) in [5, 5.41) is 0. The summed E-state index contributed by atoms with van der Waals surface area (Å²) in [5.74, 6) is 0.566. The standard InChI is InChI=1S/C16H21BrN2O3S/c1-11(2)7-18-8-16(20)19(13-5-3-12(17)4-6-13)15-10-23(21,22)9-14(15)18/h3-6,11,14-15H,7-10H2,1-2H3. The molecule has 1 amide bonds. The Morgan fingerprint density at radius 1 is 1.17 bits per heavy atom. The molecule has 1 aromatic rings. The molecular weight excluding hydrogens is 380 g/mol. The molecule has 2 saturated heterocycles. The van der Waals surface area contributed by atoms with E-state index in [2.05, 4.69) is 34.7 Å². The molecule has 0 aliphatic carbocycles. The number of hydrogen-bond donors (Lipinski definition) is 0. The Balaban J connectivity index is 1.96. The maximum absolute atomic E-state index is 12.7. The van der Waals surface area contributed by atoms with Crippen molar-refractivity contribution in [1.29, 1.82) is 0 Å². The topological polar surface area (TPSA) is 57.7 Å². The fraction of sp³-hybridized carbons (Fsp3) is 0.562. The van der Waals surface area contributed by atoms with Gasteiger partial charge in [-0.05, 0) is 30.2 Å². The van der Waals surface area contributed by atoms with Crippen LogP contribution in [0.15, 0.2) is 28.7 Å². The molecule has 3 rings (SSSR count). The van der Waals surface area contributed by atoms with Gasteiger partial charge in [0.2, 0.25) is 5.91 Å². The third-order valence-electron chi connectivity index (χ3n) is 4.41. The Labute approximate surface area is 145 Å². The zero-order valence-corrected chi connectivity index (χ0v) is 15.7. The molecule has 0 bridgehead atoms. The lowest BCUT2D eigenvalue weighted by Crippen LogP contribution is -2.62. The summed E-state index contributed by atoms with van der Waals surface area (Å²) in [6, 6.07) is 7.08. The zero-order valence-electron chi connectivity index (χ0n) is 13.3. The summed E-state index contributed by atoms with van der Waals surface area (Å²) in [5.41, 5.74) is 0.773. The number of rotatable bonds is 3. The first kappa shape index (κ1) is 16.9. The van der Waals surface area contributed by atoms with Gasteiger partial charge in [0.1, 0.15) is 0 Å². The highest BCUT2D eigenvalue weighted by Gasteiger charge is 2.49. The van der Waals surface area contributed by atoms with E-state index >= 15 is 0 Å². The predicted molar refractivity (Wildman–Crippen MR) is 94.3 cm³/mol. The number of amides is 1. The van der Waals surface area contributed by atoms with Gasteiger partial charge in [0.15, 0.2) is 9.84 Å². The molecule has 0 spiro atoms. The molecule has 2 atom stereocenters. The molecule has 2 aliphatic heterocycles. The first-order valence-electron chi connectivity index (χ1n) is 7.79. The van der Waals surface area contributed by atoms with Crippen LogP contribution in [-0.2, 0) is 14.6 Å². The molecule has 1 aromatic carbocycles. The number of carbonyl (C=O) groups excluding carboxylic acids is 1. The van der Waals surface area contributed by atoms with Gasteiger partial charge in [-0.15, -0.1) is 0 Å². The van der Waals surface area contributed by atoms with Gasteiger partial charge in [0.05, 0.1) is 24.1 Å². The first-order chi connectivity index (χ1) is 10.8. The summed E-state index contributed by atoms with van der Waals surface area (Å²) in [6.07, 6.45) is 0. The van der Waals surface area contributed by atoms with E-state index in [1.54, 1.807) is 4.90 Å². The second-order valence-electron chi connectivity index (χ2n) is 6.78. The van der Waals surface area contributed by atoms with Crippen molar-refractivity contribution in [2.24, 2.45) is 5.92 Å². The van der Waals surface area contributed by atoms with Gasteiger partial charge in [-0.3, -0.25) is 9.69 Å². The third-order valence-corrected chi connectivity index (χ3v) is 6.63. The van der Waals surface area contributed by atoms with Gasteiger partial charge in [-0.2, -0.15) is 0 Å². The van der Waals surface area contributed by atoms with Gasteiger partial charge >= 0.3 is 0 Å². The zero-order chi connectivity index (χ0) is 16.8. The Bertz CT molecular complexity index is 703. The molecule has 0 radical (unpaired) electrons. The van der Waals surface area contributed by atoms with Crippen molar-refractivity contribution in [3.63, 3.8) is 0 Å². The van der Waals surface area contributed by atoms with Crippen LogP contribution in [-0.4, -0.2) is 55.9 Å². The van der Waals surface area contributed by atoms with Gasteiger partial charge in [-0.25, -0.2) is 8.42 Å². The highest BCUT2D eigenvalue weighted by atomic mass is 79.9. The second kappa shape index (κ2) is 6.18. The van der Waals surface area contributed by atoms with Crippen LogP contribution in [0.1, 0.15) is 13.8 Å². The molecule has 7 heteroatoms. The number of benzene rings is 1. The van der Waals surface area contributed by atoms with Crippen LogP contribution in [0.2, 0.25) is 0 Å². The van der Waals surface area contributed by atoms with Crippen LogP contribution >= 0.6 is 15.9 Å². The van der Waals surface area contributed by atoms with Gasteiger partial charge in [-0.1, -0.05) is 29.8 Å². The van der Waals surface area contributed by atoms with E-state index in [4.69, 9.17) is 0 Å². The quantitative estimate of drug-likeness (QED) is 0.777. The number of nitrogens with zero attached hydrogens (tertiary/aromatic N) is 2. The average molecular weight is 401 g/mol. The maximum Gasteiger partial charge on any atom is 0.241 e. The van der Waals surface area contributed by atoms with Crippen molar-refractivity contribution in [1.82, 2.24) is 4.90 Å². The fourth-order valence-corrected chi connectivity index (χ4v) is 5.81. The first-order valence-corrected chi connectivity index (χ1v) is 10.4. The lowest BCUT2D eigenvalue weighted by atomic mass is 10.0. The van der Waals surface area contributed by atoms with Crippen molar-refractivity contribution >= 4 is 37.4 Å². The minimum Gasteiger partial charge on any atom is -0.306 e. The number of carbonyl (C=O) groups is 1. The number of sulfone groups is 1. The Morgan fingerprint density at radius 2 is 1.78 bits per heavy atom. The van der Waals surface area contributed by atoms with Crippen LogP contribution in [0, 0.1) is 5.92 Å².